The van der Waals surface area contributed by atoms with Gasteiger partial charge in [0.2, 0.25) is 5.91 Å². The van der Waals surface area contributed by atoms with Gasteiger partial charge in [0.25, 0.3) is 0 Å². The smallest absolute Gasteiger partial charge is 0.411 e. The van der Waals surface area contributed by atoms with Gasteiger partial charge in [-0.1, -0.05) is 30.3 Å². The van der Waals surface area contributed by atoms with Gasteiger partial charge in [-0.15, -0.1) is 0 Å². The Hall–Kier alpha value is -4.59. The van der Waals surface area contributed by atoms with Gasteiger partial charge in [0, 0.05) is 43.0 Å². The zero-order valence-corrected chi connectivity index (χ0v) is 20.8. The van der Waals surface area contributed by atoms with Gasteiger partial charge < -0.3 is 20.7 Å². The van der Waals surface area contributed by atoms with Gasteiger partial charge in [0.1, 0.15) is 11.9 Å². The van der Waals surface area contributed by atoms with Crippen molar-refractivity contribution in [2.24, 2.45) is 0 Å². The second-order valence-electron chi connectivity index (χ2n) is 9.30. The van der Waals surface area contributed by atoms with Crippen molar-refractivity contribution in [3.05, 3.63) is 95.2 Å². The van der Waals surface area contributed by atoms with E-state index in [0.717, 1.165) is 38.7 Å². The largest absolute Gasteiger partial charge is 0.449 e. The summed E-state index contributed by atoms with van der Waals surface area (Å²) in [6, 6.07) is 20.5. The molecule has 3 aromatic carbocycles. The van der Waals surface area contributed by atoms with E-state index in [-0.39, 0.29) is 12.5 Å². The van der Waals surface area contributed by atoms with Gasteiger partial charge in [0.15, 0.2) is 0 Å². The van der Waals surface area contributed by atoms with Gasteiger partial charge in [0.05, 0.1) is 6.61 Å². The molecule has 188 valence electrons. The first kappa shape index (κ1) is 24.1. The summed E-state index contributed by atoms with van der Waals surface area (Å²) < 4.78 is 5.39. The molecule has 1 atom stereocenters. The second-order valence-corrected chi connectivity index (χ2v) is 9.30. The summed E-state index contributed by atoms with van der Waals surface area (Å²) in [7, 11) is 1.78. The highest BCUT2D eigenvalue weighted by molar-refractivity contribution is 5.94. The summed E-state index contributed by atoms with van der Waals surface area (Å²) in [6.07, 6.45) is 1.75. The van der Waals surface area contributed by atoms with E-state index in [4.69, 9.17) is 10.5 Å². The van der Waals surface area contributed by atoms with Crippen molar-refractivity contribution in [3.8, 4) is 0 Å². The van der Waals surface area contributed by atoms with Crippen molar-refractivity contribution in [1.82, 2.24) is 9.88 Å². The molecule has 8 nitrogen and oxygen atoms in total. The highest BCUT2D eigenvalue weighted by atomic mass is 16.5. The van der Waals surface area contributed by atoms with Crippen LogP contribution in [0.4, 0.5) is 22.0 Å². The third-order valence-electron chi connectivity index (χ3n) is 6.63. The van der Waals surface area contributed by atoms with Crippen LogP contribution in [0.1, 0.15) is 28.3 Å². The van der Waals surface area contributed by atoms with Crippen molar-refractivity contribution in [2.45, 2.75) is 25.9 Å². The molecule has 0 fully saturated rings. The number of carbonyl (C=O) groups excluding carboxylic acids is 2. The average molecular weight is 496 g/mol. The van der Waals surface area contributed by atoms with Gasteiger partial charge in [-0.3, -0.25) is 10.1 Å². The molecule has 0 spiro atoms. The number of rotatable bonds is 2. The van der Waals surface area contributed by atoms with Crippen LogP contribution in [0.2, 0.25) is 0 Å². The highest BCUT2D eigenvalue weighted by Crippen LogP contribution is 2.28. The quantitative estimate of drug-likeness (QED) is 0.359. The monoisotopic (exact) mass is 495 g/mol. The number of aryl methyl sites for hydroxylation is 1. The van der Waals surface area contributed by atoms with Crippen molar-refractivity contribution in [3.63, 3.8) is 0 Å². The summed E-state index contributed by atoms with van der Waals surface area (Å²) in [6.45, 7) is 2.63. The Labute approximate surface area is 215 Å². The number of hydrogen-bond acceptors (Lipinski definition) is 6. The Bertz CT molecular complexity index is 1490. The molecule has 0 aliphatic carbocycles. The Balaban J connectivity index is 1.52. The molecule has 4 N–H and O–H groups in total. The minimum absolute atomic E-state index is 0.0774. The van der Waals surface area contributed by atoms with Crippen molar-refractivity contribution in [2.75, 3.05) is 30.0 Å². The maximum absolute atomic E-state index is 13.9. The van der Waals surface area contributed by atoms with Crippen LogP contribution in [0.3, 0.4) is 0 Å². The fraction of sp³-hybridized carbons (Fsp3) is 0.207. The predicted molar refractivity (Wildman–Crippen MR) is 145 cm³/mol. The van der Waals surface area contributed by atoms with E-state index in [1.807, 2.05) is 67.6 Å². The Morgan fingerprint density at radius 2 is 1.95 bits per heavy atom. The number of hydrogen-bond donors (Lipinski definition) is 3. The van der Waals surface area contributed by atoms with Crippen LogP contribution in [-0.2, 0) is 22.5 Å². The van der Waals surface area contributed by atoms with Crippen molar-refractivity contribution < 1.29 is 14.3 Å². The van der Waals surface area contributed by atoms with Gasteiger partial charge in [-0.05, 0) is 71.0 Å². The van der Waals surface area contributed by atoms with E-state index in [0.29, 0.717) is 24.5 Å². The molecule has 3 heterocycles. The third kappa shape index (κ3) is 5.33. The van der Waals surface area contributed by atoms with Crippen LogP contribution in [0.5, 0.6) is 0 Å². The first-order valence-electron chi connectivity index (χ1n) is 12.2. The zero-order chi connectivity index (χ0) is 25.9. The lowest BCUT2D eigenvalue weighted by Gasteiger charge is -2.27. The minimum atomic E-state index is -0.610. The van der Waals surface area contributed by atoms with Gasteiger partial charge in [-0.25, -0.2) is 9.78 Å². The normalized spacial score (nSPS) is 16.4. The molecule has 4 bridgehead atoms. The molecule has 0 saturated heterocycles. The third-order valence-corrected chi connectivity index (χ3v) is 6.63. The molecular formula is C29H29N5O3. The van der Waals surface area contributed by atoms with Crippen LogP contribution in [0.15, 0.2) is 72.9 Å². The van der Waals surface area contributed by atoms with Crippen LogP contribution >= 0.6 is 0 Å². The number of likely N-dealkylation sites (N-methyl/N-ethyl adjacent to an activating group) is 1. The second kappa shape index (κ2) is 10.2. The van der Waals surface area contributed by atoms with Gasteiger partial charge >= 0.3 is 6.09 Å². The molecule has 4 aromatic rings. The number of aromatic nitrogens is 1. The molecule has 6 rings (SSSR count). The van der Waals surface area contributed by atoms with E-state index >= 15 is 0 Å². The van der Waals surface area contributed by atoms with Crippen molar-refractivity contribution in [1.29, 1.82) is 0 Å². The molecule has 2 aliphatic rings. The highest BCUT2D eigenvalue weighted by Gasteiger charge is 2.25. The van der Waals surface area contributed by atoms with E-state index < -0.39 is 12.1 Å². The maximum atomic E-state index is 13.9. The fourth-order valence-corrected chi connectivity index (χ4v) is 4.65. The topological polar surface area (TPSA) is 110 Å². The molecule has 0 saturated carbocycles. The lowest BCUT2D eigenvalue weighted by Crippen LogP contribution is -2.35. The number of amides is 2. The fourth-order valence-electron chi connectivity index (χ4n) is 4.65. The number of carbonyl (C=O) groups is 2. The molecule has 2 aliphatic heterocycles. The van der Waals surface area contributed by atoms with Gasteiger partial charge in [-0.2, -0.15) is 0 Å². The molecule has 37 heavy (non-hydrogen) atoms. The lowest BCUT2D eigenvalue weighted by atomic mass is 9.97. The minimum Gasteiger partial charge on any atom is -0.449 e. The van der Waals surface area contributed by atoms with E-state index in [1.165, 1.54) is 0 Å². The van der Waals surface area contributed by atoms with Crippen molar-refractivity contribution >= 4 is 40.0 Å². The van der Waals surface area contributed by atoms with Crippen LogP contribution in [0, 0.1) is 6.92 Å². The van der Waals surface area contributed by atoms with Crippen LogP contribution in [-0.4, -0.2) is 35.5 Å². The number of benzene rings is 3. The SMILES string of the molecule is Cc1cc2ccc1CCOC(=O)Nc1cccc(c1)CN(C)C(=O)C2Nc1ccc2c(N)nccc2c1. The molecule has 0 radical (unpaired) electrons. The van der Waals surface area contributed by atoms with Crippen LogP contribution < -0.4 is 16.4 Å². The lowest BCUT2D eigenvalue weighted by molar-refractivity contribution is -0.131. The molecule has 1 unspecified atom stereocenters. The number of ether oxygens (including phenoxy) is 1. The Morgan fingerprint density at radius 3 is 2.78 bits per heavy atom. The summed E-state index contributed by atoms with van der Waals surface area (Å²) in [5.41, 5.74) is 11.3. The first-order chi connectivity index (χ1) is 17.9. The molecular weight excluding hydrogens is 466 g/mol. The average Bonchev–Trinajstić information content (AvgIpc) is 2.87. The number of anilines is 3. The molecule has 1 aromatic heterocycles. The summed E-state index contributed by atoms with van der Waals surface area (Å²) >= 11 is 0. The predicted octanol–water partition coefficient (Wildman–Crippen LogP) is 5.04. The number of fused-ring (bicyclic) bond motifs is 10. The maximum Gasteiger partial charge on any atom is 0.411 e. The molecule has 8 heteroatoms. The number of nitrogen functional groups attached to an aromatic ring is 1. The molecule has 2 amide bonds. The van der Waals surface area contributed by atoms with E-state index in [1.54, 1.807) is 24.2 Å². The Morgan fingerprint density at radius 1 is 1.08 bits per heavy atom. The number of nitrogens with two attached hydrogens (primary N) is 1. The van der Waals surface area contributed by atoms with Crippen LogP contribution in [0.25, 0.3) is 10.8 Å². The van der Waals surface area contributed by atoms with E-state index in [9.17, 15) is 9.59 Å². The number of nitrogens with one attached hydrogen (secondary N) is 2. The first-order valence-corrected chi connectivity index (χ1v) is 12.2. The van der Waals surface area contributed by atoms with E-state index in [2.05, 4.69) is 15.6 Å². The number of nitrogens with zero attached hydrogens (tertiary/aromatic N) is 2. The standard InChI is InChI=1S/C29H29N5O3/c1-18-14-22-7-6-20(18)11-13-37-29(36)33-23-5-3-4-19(15-23)17-34(2)28(35)26(22)32-24-8-9-25-21(16-24)10-12-31-27(25)30/h3-10,12,14-16,26,32H,11,13,17H2,1-2H3,(H2,30,31)(H,33,36). The number of pyridine rings is 1. The Kier molecular flexibility index (Phi) is 6.64. The zero-order valence-electron chi connectivity index (χ0n) is 20.8. The summed E-state index contributed by atoms with van der Waals surface area (Å²) in [5, 5.41) is 8.03. The summed E-state index contributed by atoms with van der Waals surface area (Å²) in [4.78, 5) is 31.9. The summed E-state index contributed by atoms with van der Waals surface area (Å²) in [5.74, 6) is 0.393.